The Kier molecular flexibility index (Phi) is 8.72. The molecule has 0 spiro atoms. The van der Waals surface area contributed by atoms with Crippen LogP contribution in [0.3, 0.4) is 0 Å². The van der Waals surface area contributed by atoms with Gasteiger partial charge in [0.15, 0.2) is 0 Å². The van der Waals surface area contributed by atoms with Crippen molar-refractivity contribution in [3.63, 3.8) is 0 Å². The second-order valence-electron chi connectivity index (χ2n) is 4.82. The molecule has 1 amide bonds. The Labute approximate surface area is 126 Å². The number of rotatable bonds is 11. The largest absolute Gasteiger partial charge is 0.480 e. The Hall–Kier alpha value is -2.20. The van der Waals surface area contributed by atoms with Gasteiger partial charge in [0, 0.05) is 6.42 Å². The maximum atomic E-state index is 11.5. The van der Waals surface area contributed by atoms with Crippen LogP contribution in [0.15, 0.2) is 0 Å². The lowest BCUT2D eigenvalue weighted by Crippen LogP contribution is -2.42. The van der Waals surface area contributed by atoms with Crippen molar-refractivity contribution >= 4 is 23.8 Å². The molecule has 0 saturated heterocycles. The lowest BCUT2D eigenvalue weighted by molar-refractivity contribution is -0.142. The number of nitrogens with one attached hydrogen (secondary N) is 1. The zero-order valence-corrected chi connectivity index (χ0v) is 11.9. The standard InChI is InChI=1S/C12H21N3O7/c13-6(10(17)18)2-1-3-8(12(21)22)15-9(16)5-4-7(14)11(19)20/h6-8H,1-5,13-14H2,(H,15,16)(H,17,18)(H,19,20)(H,21,22)/t6-,7-,8+/m1/s1. The van der Waals surface area contributed by atoms with E-state index in [4.69, 9.17) is 26.8 Å². The van der Waals surface area contributed by atoms with Gasteiger partial charge in [-0.15, -0.1) is 0 Å². The Balaban J connectivity index is 4.23. The minimum absolute atomic E-state index is 0.0209. The van der Waals surface area contributed by atoms with Gasteiger partial charge in [-0.25, -0.2) is 4.79 Å². The first-order valence-electron chi connectivity index (χ1n) is 6.64. The van der Waals surface area contributed by atoms with E-state index in [0.717, 1.165) is 0 Å². The Bertz CT molecular complexity index is 427. The van der Waals surface area contributed by atoms with Crippen LogP contribution in [-0.4, -0.2) is 57.3 Å². The van der Waals surface area contributed by atoms with Crippen molar-refractivity contribution in [3.8, 4) is 0 Å². The third kappa shape index (κ3) is 8.17. The van der Waals surface area contributed by atoms with Crippen molar-refractivity contribution in [2.75, 3.05) is 0 Å². The van der Waals surface area contributed by atoms with Crippen LogP contribution in [0.2, 0.25) is 0 Å². The monoisotopic (exact) mass is 319 g/mol. The van der Waals surface area contributed by atoms with Crippen LogP contribution in [0, 0.1) is 0 Å². The molecule has 0 aromatic heterocycles. The molecule has 22 heavy (non-hydrogen) atoms. The molecule has 0 aliphatic carbocycles. The van der Waals surface area contributed by atoms with E-state index in [2.05, 4.69) is 5.32 Å². The minimum atomic E-state index is -1.26. The van der Waals surface area contributed by atoms with E-state index in [1.807, 2.05) is 0 Å². The summed E-state index contributed by atoms with van der Waals surface area (Å²) in [5.41, 5.74) is 10.5. The molecule has 0 bridgehead atoms. The Morgan fingerprint density at radius 2 is 1.32 bits per heavy atom. The van der Waals surface area contributed by atoms with Crippen LogP contribution in [0.4, 0.5) is 0 Å². The van der Waals surface area contributed by atoms with E-state index < -0.39 is 41.9 Å². The molecule has 0 unspecified atom stereocenters. The SMILES string of the molecule is N[C@H](CCC[C@H](NC(=O)CC[C@@H](N)C(=O)O)C(=O)O)C(=O)O. The highest BCUT2D eigenvalue weighted by molar-refractivity contribution is 5.84. The van der Waals surface area contributed by atoms with E-state index in [-0.39, 0.29) is 32.1 Å². The van der Waals surface area contributed by atoms with Gasteiger partial charge in [0.05, 0.1) is 0 Å². The van der Waals surface area contributed by atoms with Gasteiger partial charge in [-0.05, 0) is 25.7 Å². The highest BCUT2D eigenvalue weighted by Gasteiger charge is 2.22. The van der Waals surface area contributed by atoms with Crippen LogP contribution >= 0.6 is 0 Å². The molecule has 10 heteroatoms. The normalized spacial score (nSPS) is 14.6. The molecule has 0 aliphatic rings. The number of nitrogens with two attached hydrogens (primary N) is 2. The molecular weight excluding hydrogens is 298 g/mol. The first kappa shape index (κ1) is 19.8. The van der Waals surface area contributed by atoms with Gasteiger partial charge in [-0.1, -0.05) is 0 Å². The van der Waals surface area contributed by atoms with E-state index in [9.17, 15) is 19.2 Å². The summed E-state index contributed by atoms with van der Waals surface area (Å²) in [6.07, 6.45) is -0.0193. The predicted molar refractivity (Wildman–Crippen MR) is 73.9 cm³/mol. The van der Waals surface area contributed by atoms with E-state index in [1.54, 1.807) is 0 Å². The van der Waals surface area contributed by atoms with Crippen molar-refractivity contribution in [1.82, 2.24) is 5.32 Å². The van der Waals surface area contributed by atoms with Crippen LogP contribution in [0.1, 0.15) is 32.1 Å². The van der Waals surface area contributed by atoms with Gasteiger partial charge >= 0.3 is 17.9 Å². The third-order valence-electron chi connectivity index (χ3n) is 2.96. The maximum absolute atomic E-state index is 11.5. The van der Waals surface area contributed by atoms with Gasteiger partial charge in [-0.3, -0.25) is 14.4 Å². The lowest BCUT2D eigenvalue weighted by atomic mass is 10.1. The number of carbonyl (C=O) groups is 4. The number of carboxylic acid groups (broad SMARTS) is 3. The maximum Gasteiger partial charge on any atom is 0.326 e. The average molecular weight is 319 g/mol. The number of carbonyl (C=O) groups excluding carboxylic acids is 1. The van der Waals surface area contributed by atoms with Gasteiger partial charge in [0.25, 0.3) is 0 Å². The molecule has 0 aromatic carbocycles. The third-order valence-corrected chi connectivity index (χ3v) is 2.96. The van der Waals surface area contributed by atoms with Gasteiger partial charge in [0.2, 0.25) is 5.91 Å². The zero-order valence-electron chi connectivity index (χ0n) is 11.9. The smallest absolute Gasteiger partial charge is 0.326 e. The van der Waals surface area contributed by atoms with Crippen molar-refractivity contribution < 1.29 is 34.5 Å². The molecule has 10 nitrogen and oxygen atoms in total. The summed E-state index contributed by atoms with van der Waals surface area (Å²) in [7, 11) is 0. The summed E-state index contributed by atoms with van der Waals surface area (Å²) in [5, 5.41) is 28.4. The van der Waals surface area contributed by atoms with Gasteiger partial charge < -0.3 is 32.1 Å². The highest BCUT2D eigenvalue weighted by Crippen LogP contribution is 2.05. The summed E-state index contributed by atoms with van der Waals surface area (Å²) in [6.45, 7) is 0. The van der Waals surface area contributed by atoms with E-state index in [1.165, 1.54) is 0 Å². The second kappa shape index (κ2) is 9.68. The summed E-state index contributed by atoms with van der Waals surface area (Å²) in [6, 6.07) is -3.46. The molecule has 3 atom stereocenters. The minimum Gasteiger partial charge on any atom is -0.480 e. The molecule has 0 aliphatic heterocycles. The lowest BCUT2D eigenvalue weighted by Gasteiger charge is -2.15. The molecule has 0 rings (SSSR count). The first-order chi connectivity index (χ1) is 10.1. The fraction of sp³-hybridized carbons (Fsp3) is 0.667. The van der Waals surface area contributed by atoms with Crippen LogP contribution < -0.4 is 16.8 Å². The molecule has 0 radical (unpaired) electrons. The fourth-order valence-corrected chi connectivity index (χ4v) is 1.60. The van der Waals surface area contributed by atoms with E-state index in [0.29, 0.717) is 0 Å². The average Bonchev–Trinajstić information content (AvgIpc) is 2.42. The summed E-state index contributed by atoms with van der Waals surface area (Å²) in [4.78, 5) is 43.6. The first-order valence-corrected chi connectivity index (χ1v) is 6.64. The summed E-state index contributed by atoms with van der Waals surface area (Å²) < 4.78 is 0. The zero-order chi connectivity index (χ0) is 17.3. The molecule has 0 saturated carbocycles. The van der Waals surface area contributed by atoms with Gasteiger partial charge in [-0.2, -0.15) is 0 Å². The fourth-order valence-electron chi connectivity index (χ4n) is 1.60. The molecule has 0 heterocycles. The van der Waals surface area contributed by atoms with E-state index >= 15 is 0 Å². The van der Waals surface area contributed by atoms with Gasteiger partial charge in [0.1, 0.15) is 18.1 Å². The Morgan fingerprint density at radius 1 is 0.818 bits per heavy atom. The summed E-state index contributed by atoms with van der Waals surface area (Å²) in [5.74, 6) is -4.32. The highest BCUT2D eigenvalue weighted by atomic mass is 16.4. The molecule has 126 valence electrons. The molecular formula is C12H21N3O7. The van der Waals surface area contributed by atoms with Crippen LogP contribution in [0.25, 0.3) is 0 Å². The number of amides is 1. The topological polar surface area (TPSA) is 193 Å². The number of hydrogen-bond acceptors (Lipinski definition) is 6. The van der Waals surface area contributed by atoms with Crippen molar-refractivity contribution in [2.45, 2.75) is 50.2 Å². The van der Waals surface area contributed by atoms with Crippen LogP contribution in [-0.2, 0) is 19.2 Å². The van der Waals surface area contributed by atoms with Crippen molar-refractivity contribution in [3.05, 3.63) is 0 Å². The number of carboxylic acids is 3. The summed E-state index contributed by atoms with van der Waals surface area (Å²) >= 11 is 0. The Morgan fingerprint density at radius 3 is 1.77 bits per heavy atom. The van der Waals surface area contributed by atoms with Crippen molar-refractivity contribution in [2.24, 2.45) is 11.5 Å². The molecule has 0 aromatic rings. The number of hydrogen-bond donors (Lipinski definition) is 6. The van der Waals surface area contributed by atoms with Crippen molar-refractivity contribution in [1.29, 1.82) is 0 Å². The second-order valence-corrected chi connectivity index (χ2v) is 4.82. The van der Waals surface area contributed by atoms with Crippen LogP contribution in [0.5, 0.6) is 0 Å². The quantitative estimate of drug-likeness (QED) is 0.258. The number of aliphatic carboxylic acids is 3. The molecule has 0 fully saturated rings. The predicted octanol–water partition coefficient (Wildman–Crippen LogP) is -1.67. The molecule has 8 N–H and O–H groups in total.